The summed E-state index contributed by atoms with van der Waals surface area (Å²) in [6.45, 7) is 1.88. The van der Waals surface area contributed by atoms with E-state index in [4.69, 9.17) is 5.73 Å². The molecule has 0 saturated heterocycles. The van der Waals surface area contributed by atoms with Crippen LogP contribution in [0.2, 0.25) is 0 Å². The zero-order valence-corrected chi connectivity index (χ0v) is 10.9. The lowest BCUT2D eigenvalue weighted by atomic mass is 9.98. The van der Waals surface area contributed by atoms with E-state index in [0.29, 0.717) is 5.56 Å². The highest BCUT2D eigenvalue weighted by molar-refractivity contribution is 7.03. The van der Waals surface area contributed by atoms with E-state index >= 15 is 0 Å². The van der Waals surface area contributed by atoms with Gasteiger partial charge >= 0.3 is 0 Å². The second-order valence-corrected chi connectivity index (χ2v) is 4.71. The van der Waals surface area contributed by atoms with Crippen LogP contribution in [0, 0.1) is 18.3 Å². The Kier molecular flexibility index (Phi) is 2.62. The Balaban J connectivity index is 2.46. The Bertz CT molecular complexity index is 802. The molecule has 2 N–H and O–H groups in total. The van der Waals surface area contributed by atoms with Crippen molar-refractivity contribution >= 4 is 28.3 Å². The summed E-state index contributed by atoms with van der Waals surface area (Å²) >= 11 is 1.29. The minimum absolute atomic E-state index is 0.265. The highest BCUT2D eigenvalue weighted by Gasteiger charge is 2.14. The van der Waals surface area contributed by atoms with Crippen molar-refractivity contribution in [3.63, 3.8) is 0 Å². The Morgan fingerprint density at radius 1 is 1.37 bits per heavy atom. The predicted molar refractivity (Wildman–Crippen MR) is 74.5 cm³/mol. The van der Waals surface area contributed by atoms with Gasteiger partial charge in [-0.25, -0.2) is 4.98 Å². The van der Waals surface area contributed by atoms with Gasteiger partial charge < -0.3 is 5.73 Å². The number of aryl methyl sites for hydroxylation is 1. The minimum atomic E-state index is 0.265. The topological polar surface area (TPSA) is 88.5 Å². The molecule has 0 bridgehead atoms. The third-order valence-corrected chi connectivity index (χ3v) is 3.54. The summed E-state index contributed by atoms with van der Waals surface area (Å²) in [6.07, 6.45) is 0. The molecule has 1 aromatic carbocycles. The number of hydrogen-bond donors (Lipinski definition) is 1. The molecule has 19 heavy (non-hydrogen) atoms. The number of nitriles is 1. The second kappa shape index (κ2) is 4.30. The number of aromatic nitrogens is 3. The normalized spacial score (nSPS) is 10.5. The van der Waals surface area contributed by atoms with Crippen LogP contribution in [-0.2, 0) is 0 Å². The number of nitrogens with two attached hydrogens (primary N) is 1. The first-order valence-electron chi connectivity index (χ1n) is 5.58. The van der Waals surface area contributed by atoms with E-state index in [-0.39, 0.29) is 5.82 Å². The van der Waals surface area contributed by atoms with E-state index in [1.165, 1.54) is 11.5 Å². The molecule has 3 rings (SSSR count). The van der Waals surface area contributed by atoms with Crippen LogP contribution < -0.4 is 5.73 Å². The number of nitrogens with zero attached hydrogens (tertiary/aromatic N) is 4. The summed E-state index contributed by atoms with van der Waals surface area (Å²) < 4.78 is 3.88. The van der Waals surface area contributed by atoms with E-state index in [1.807, 2.05) is 30.5 Å². The Morgan fingerprint density at radius 3 is 2.89 bits per heavy atom. The first-order valence-corrected chi connectivity index (χ1v) is 6.42. The minimum Gasteiger partial charge on any atom is -0.383 e. The molecule has 2 heterocycles. The summed E-state index contributed by atoms with van der Waals surface area (Å²) in [5, 5.41) is 16.0. The molecule has 0 amide bonds. The van der Waals surface area contributed by atoms with Gasteiger partial charge in [0.25, 0.3) is 0 Å². The van der Waals surface area contributed by atoms with Crippen LogP contribution in [0.25, 0.3) is 22.2 Å². The van der Waals surface area contributed by atoms with Gasteiger partial charge in [0.2, 0.25) is 0 Å². The average Bonchev–Trinajstić information content (AvgIpc) is 2.92. The van der Waals surface area contributed by atoms with Gasteiger partial charge in [-0.1, -0.05) is 16.6 Å². The summed E-state index contributed by atoms with van der Waals surface area (Å²) in [5.74, 6) is 0.265. The molecule has 0 radical (unpaired) electrons. The highest BCUT2D eigenvalue weighted by Crippen LogP contribution is 2.32. The lowest BCUT2D eigenvalue weighted by molar-refractivity contribution is 1.16. The molecule has 0 spiro atoms. The molecule has 2 aromatic heterocycles. The molecule has 5 nitrogen and oxygen atoms in total. The third kappa shape index (κ3) is 1.72. The highest BCUT2D eigenvalue weighted by atomic mass is 32.1. The number of fused-ring (bicyclic) bond motifs is 1. The van der Waals surface area contributed by atoms with Crippen LogP contribution >= 0.6 is 11.5 Å². The van der Waals surface area contributed by atoms with Crippen molar-refractivity contribution in [3.8, 4) is 17.3 Å². The zero-order valence-electron chi connectivity index (χ0n) is 10.1. The van der Waals surface area contributed by atoms with Crippen LogP contribution in [0.4, 0.5) is 5.82 Å². The summed E-state index contributed by atoms with van der Waals surface area (Å²) in [4.78, 5) is 4.29. The third-order valence-electron chi connectivity index (χ3n) is 3.04. The molecule has 0 unspecified atom stereocenters. The van der Waals surface area contributed by atoms with Crippen molar-refractivity contribution in [1.82, 2.24) is 14.6 Å². The van der Waals surface area contributed by atoms with Gasteiger partial charge in [0.05, 0.1) is 11.1 Å². The van der Waals surface area contributed by atoms with Crippen molar-refractivity contribution in [2.45, 2.75) is 6.92 Å². The molecule has 3 aromatic rings. The zero-order chi connectivity index (χ0) is 13.4. The van der Waals surface area contributed by atoms with Crippen molar-refractivity contribution in [3.05, 3.63) is 34.7 Å². The van der Waals surface area contributed by atoms with Crippen LogP contribution in [0.5, 0.6) is 0 Å². The van der Waals surface area contributed by atoms with E-state index < -0.39 is 0 Å². The molecular weight excluding hydrogens is 258 g/mol. The molecule has 0 aliphatic carbocycles. The Labute approximate surface area is 113 Å². The fourth-order valence-electron chi connectivity index (χ4n) is 2.17. The van der Waals surface area contributed by atoms with Gasteiger partial charge in [-0.05, 0) is 30.1 Å². The molecule has 0 aliphatic heterocycles. The lowest BCUT2D eigenvalue weighted by Gasteiger charge is -2.09. The smallest absolute Gasteiger partial charge is 0.142 e. The van der Waals surface area contributed by atoms with Gasteiger partial charge in [-0.3, -0.25) is 0 Å². The second-order valence-electron chi connectivity index (χ2n) is 4.10. The first-order chi connectivity index (χ1) is 9.22. The number of anilines is 1. The van der Waals surface area contributed by atoms with Gasteiger partial charge in [-0.15, -0.1) is 5.10 Å². The average molecular weight is 267 g/mol. The molecule has 0 fully saturated rings. The monoisotopic (exact) mass is 267 g/mol. The van der Waals surface area contributed by atoms with Crippen molar-refractivity contribution in [2.24, 2.45) is 0 Å². The van der Waals surface area contributed by atoms with Gasteiger partial charge in [0.15, 0.2) is 0 Å². The first kappa shape index (κ1) is 11.6. The number of nitrogen functional groups attached to an aromatic ring is 1. The van der Waals surface area contributed by atoms with E-state index in [1.54, 1.807) is 0 Å². The van der Waals surface area contributed by atoms with Crippen LogP contribution in [0.15, 0.2) is 23.6 Å². The summed E-state index contributed by atoms with van der Waals surface area (Å²) in [5.41, 5.74) is 9.53. The molecule has 92 valence electrons. The van der Waals surface area contributed by atoms with E-state index in [2.05, 4.69) is 20.6 Å². The van der Waals surface area contributed by atoms with Crippen molar-refractivity contribution in [1.29, 1.82) is 5.26 Å². The van der Waals surface area contributed by atoms with Crippen molar-refractivity contribution in [2.75, 3.05) is 5.73 Å². The van der Waals surface area contributed by atoms with Crippen LogP contribution in [0.1, 0.15) is 11.1 Å². The maximum absolute atomic E-state index is 9.18. The maximum Gasteiger partial charge on any atom is 0.142 e. The number of rotatable bonds is 1. The van der Waals surface area contributed by atoms with Gasteiger partial charge in [0, 0.05) is 16.3 Å². The molecule has 0 saturated carbocycles. The standard InChI is InChI=1S/C13H9N5S/c1-7-9(5-14)13(15)16-10-4-2-3-8(12(7)10)11-6-19-18-17-11/h2-4,6H,1H3,(H2,15,16). The van der Waals surface area contributed by atoms with Gasteiger partial charge in [0.1, 0.15) is 17.6 Å². The van der Waals surface area contributed by atoms with Gasteiger partial charge in [-0.2, -0.15) is 5.26 Å². The number of benzene rings is 1. The quantitative estimate of drug-likeness (QED) is 0.731. The molecule has 6 heteroatoms. The maximum atomic E-state index is 9.18. The number of hydrogen-bond acceptors (Lipinski definition) is 6. The fourth-order valence-corrected chi connectivity index (χ4v) is 2.62. The summed E-state index contributed by atoms with van der Waals surface area (Å²) in [7, 11) is 0. The SMILES string of the molecule is Cc1c(C#N)c(N)nc2cccc(-c3csnn3)c12. The molecule has 0 aliphatic rings. The molecule has 0 atom stereocenters. The van der Waals surface area contributed by atoms with E-state index in [0.717, 1.165) is 27.7 Å². The Hall–Kier alpha value is -2.52. The van der Waals surface area contributed by atoms with Crippen molar-refractivity contribution < 1.29 is 0 Å². The van der Waals surface area contributed by atoms with E-state index in [9.17, 15) is 5.26 Å². The molecular formula is C13H9N5S. The Morgan fingerprint density at radius 2 is 2.21 bits per heavy atom. The largest absolute Gasteiger partial charge is 0.383 e. The fraction of sp³-hybridized carbons (Fsp3) is 0.0769. The van der Waals surface area contributed by atoms with Crippen LogP contribution in [0.3, 0.4) is 0 Å². The lowest BCUT2D eigenvalue weighted by Crippen LogP contribution is -1.99. The number of pyridine rings is 1. The predicted octanol–water partition coefficient (Wildman–Crippen LogP) is 2.52. The van der Waals surface area contributed by atoms with Crippen LogP contribution in [-0.4, -0.2) is 14.6 Å². The summed E-state index contributed by atoms with van der Waals surface area (Å²) in [6, 6.07) is 7.83.